The number of carbonyl (C=O) groups is 2. The summed E-state index contributed by atoms with van der Waals surface area (Å²) in [5.74, 6) is -1.10. The number of amides is 1. The molecule has 190 valence electrons. The summed E-state index contributed by atoms with van der Waals surface area (Å²) in [6, 6.07) is 11.7. The van der Waals surface area contributed by atoms with E-state index in [1.165, 1.54) is 49.7 Å². The average Bonchev–Trinajstić information content (AvgIpc) is 2.81. The van der Waals surface area contributed by atoms with Crippen LogP contribution in [0.1, 0.15) is 34.6 Å². The molecule has 13 heteroatoms. The zero-order valence-electron chi connectivity index (χ0n) is 19.7. The third-order valence-electron chi connectivity index (χ3n) is 3.96. The Balaban J connectivity index is 2.14. The number of nitrogens with zero attached hydrogens (tertiary/aromatic N) is 3. The maximum Gasteiger partial charge on any atom is 0.344 e. The van der Waals surface area contributed by atoms with Crippen molar-refractivity contribution >= 4 is 34.2 Å². The molecule has 0 aliphatic rings. The van der Waals surface area contributed by atoms with E-state index in [1.807, 2.05) is 13.8 Å². The third kappa shape index (κ3) is 9.19. The first-order valence-corrected chi connectivity index (χ1v) is 12.9. The molecule has 11 nitrogen and oxygen atoms in total. The first kappa shape index (κ1) is 28.1. The molecule has 2 aromatic rings. The highest BCUT2D eigenvalue weighted by Crippen LogP contribution is 2.22. The monoisotopic (exact) mass is 525 g/mol. The standard InChI is InChI=1S/C22H27N3O8S2/c1-16(2)15-30-12-13-31-22(27)19-10-5-6-11-20(19)33-35(29)25(24-23-3)21(26)17-8-7-9-18(14-17)32-34(4)28/h5-11,14,16H,12-13,15H2,1-4H3. The Labute approximate surface area is 208 Å². The van der Waals surface area contributed by atoms with Crippen molar-refractivity contribution in [2.75, 3.05) is 33.1 Å². The van der Waals surface area contributed by atoms with Gasteiger partial charge in [0.05, 0.1) is 13.7 Å². The summed E-state index contributed by atoms with van der Waals surface area (Å²) < 4.78 is 45.8. The molecule has 0 radical (unpaired) electrons. The largest absolute Gasteiger partial charge is 0.460 e. The molecule has 0 N–H and O–H groups in total. The Morgan fingerprint density at radius 3 is 2.46 bits per heavy atom. The first-order valence-electron chi connectivity index (χ1n) is 10.4. The van der Waals surface area contributed by atoms with Crippen molar-refractivity contribution in [3.8, 4) is 11.5 Å². The highest BCUT2D eigenvalue weighted by Gasteiger charge is 2.26. The van der Waals surface area contributed by atoms with Crippen LogP contribution in [0, 0.1) is 5.92 Å². The molecule has 0 saturated carbocycles. The van der Waals surface area contributed by atoms with Gasteiger partial charge in [0.15, 0.2) is 5.75 Å². The lowest BCUT2D eigenvalue weighted by molar-refractivity contribution is 0.0276. The van der Waals surface area contributed by atoms with E-state index in [4.69, 9.17) is 17.8 Å². The van der Waals surface area contributed by atoms with Crippen LogP contribution in [0.2, 0.25) is 0 Å². The summed E-state index contributed by atoms with van der Waals surface area (Å²) in [7, 11) is 1.28. The number of ether oxygens (including phenoxy) is 2. The summed E-state index contributed by atoms with van der Waals surface area (Å²) in [6.45, 7) is 4.80. The molecule has 0 fully saturated rings. The number of esters is 1. The van der Waals surface area contributed by atoms with Crippen molar-refractivity contribution < 1.29 is 35.8 Å². The van der Waals surface area contributed by atoms with Gasteiger partial charge in [0, 0.05) is 18.4 Å². The van der Waals surface area contributed by atoms with Gasteiger partial charge in [0.25, 0.3) is 5.91 Å². The van der Waals surface area contributed by atoms with Crippen LogP contribution >= 0.6 is 0 Å². The summed E-state index contributed by atoms with van der Waals surface area (Å²) in [5.41, 5.74) is 0.0396. The van der Waals surface area contributed by atoms with Crippen molar-refractivity contribution in [2.45, 2.75) is 13.8 Å². The molecule has 0 saturated heterocycles. The number of hydrogen-bond donors (Lipinski definition) is 0. The Morgan fingerprint density at radius 1 is 1.03 bits per heavy atom. The fraction of sp³-hybridized carbons (Fsp3) is 0.364. The maximum absolute atomic E-state index is 12.9. The molecule has 2 rings (SSSR count). The summed E-state index contributed by atoms with van der Waals surface area (Å²) in [4.78, 5) is 25.4. The second kappa shape index (κ2) is 14.3. The minimum absolute atomic E-state index is 0.00590. The first-order chi connectivity index (χ1) is 16.7. The van der Waals surface area contributed by atoms with Gasteiger partial charge in [-0.2, -0.15) is 9.32 Å². The molecular weight excluding hydrogens is 498 g/mol. The number of rotatable bonds is 13. The minimum atomic E-state index is -2.51. The fourth-order valence-corrected chi connectivity index (χ4v) is 3.67. The van der Waals surface area contributed by atoms with Gasteiger partial charge in [-0.25, -0.2) is 9.00 Å². The molecule has 0 spiro atoms. The molecule has 2 atom stereocenters. The summed E-state index contributed by atoms with van der Waals surface area (Å²) >= 11 is -4.11. The van der Waals surface area contributed by atoms with E-state index in [2.05, 4.69) is 10.3 Å². The molecule has 2 aromatic carbocycles. The minimum Gasteiger partial charge on any atom is -0.460 e. The van der Waals surface area contributed by atoms with Crippen molar-refractivity contribution in [2.24, 2.45) is 16.3 Å². The predicted octanol–water partition coefficient (Wildman–Crippen LogP) is 3.29. The quantitative estimate of drug-likeness (QED) is 0.168. The van der Waals surface area contributed by atoms with E-state index in [-0.39, 0.29) is 35.8 Å². The topological polar surface area (TPSA) is 133 Å². The third-order valence-corrected chi connectivity index (χ3v) is 5.23. The second-order valence-electron chi connectivity index (χ2n) is 7.28. The molecule has 2 unspecified atom stereocenters. The lowest BCUT2D eigenvalue weighted by Gasteiger charge is -2.16. The summed E-state index contributed by atoms with van der Waals surface area (Å²) in [5, 5.41) is 7.11. The fourth-order valence-electron chi connectivity index (χ4n) is 2.56. The number of carbonyl (C=O) groups excluding carboxylic acids is 2. The zero-order valence-corrected chi connectivity index (χ0v) is 21.4. The Morgan fingerprint density at radius 2 is 1.77 bits per heavy atom. The van der Waals surface area contributed by atoms with E-state index in [0.29, 0.717) is 16.9 Å². The smallest absolute Gasteiger partial charge is 0.344 e. The van der Waals surface area contributed by atoms with Crippen molar-refractivity contribution in [1.82, 2.24) is 4.41 Å². The van der Waals surface area contributed by atoms with Crippen LogP contribution in [-0.2, 0) is 31.8 Å². The summed E-state index contributed by atoms with van der Waals surface area (Å²) in [6.07, 6.45) is 1.33. The van der Waals surface area contributed by atoms with E-state index >= 15 is 0 Å². The van der Waals surface area contributed by atoms with Gasteiger partial charge in [-0.3, -0.25) is 4.79 Å². The van der Waals surface area contributed by atoms with Gasteiger partial charge >= 0.3 is 17.2 Å². The molecule has 0 aliphatic carbocycles. The lowest BCUT2D eigenvalue weighted by Crippen LogP contribution is -2.31. The van der Waals surface area contributed by atoms with Gasteiger partial charge in [-0.15, -0.1) is 0 Å². The van der Waals surface area contributed by atoms with Crippen LogP contribution in [0.15, 0.2) is 58.9 Å². The van der Waals surface area contributed by atoms with Gasteiger partial charge in [0.1, 0.15) is 17.9 Å². The molecule has 0 bridgehead atoms. The number of benzene rings is 2. The number of hydrogen-bond acceptors (Lipinski definition) is 10. The molecule has 0 aromatic heterocycles. The molecule has 35 heavy (non-hydrogen) atoms. The predicted molar refractivity (Wildman–Crippen MR) is 129 cm³/mol. The van der Waals surface area contributed by atoms with Crippen LogP contribution in [0.4, 0.5) is 0 Å². The van der Waals surface area contributed by atoms with E-state index in [9.17, 15) is 18.0 Å². The van der Waals surface area contributed by atoms with Crippen molar-refractivity contribution in [3.05, 3.63) is 59.7 Å². The van der Waals surface area contributed by atoms with E-state index in [1.54, 1.807) is 12.1 Å². The van der Waals surface area contributed by atoms with Crippen LogP contribution in [0.5, 0.6) is 11.5 Å². The maximum atomic E-state index is 12.9. The molecule has 1 amide bonds. The van der Waals surface area contributed by atoms with Gasteiger partial charge in [-0.05, 0) is 36.2 Å². The van der Waals surface area contributed by atoms with Crippen molar-refractivity contribution in [1.29, 1.82) is 0 Å². The van der Waals surface area contributed by atoms with Crippen molar-refractivity contribution in [3.63, 3.8) is 0 Å². The molecule has 0 heterocycles. The zero-order chi connectivity index (χ0) is 25.8. The SMILES string of the molecule is CN=NN(C(=O)c1cccc(OS(C)=O)c1)S(=O)Oc1ccccc1C(=O)OCCOCC(C)C. The van der Waals surface area contributed by atoms with Crippen LogP contribution in [0.3, 0.4) is 0 Å². The van der Waals surface area contributed by atoms with Crippen LogP contribution in [-0.4, -0.2) is 57.8 Å². The number of para-hydroxylation sites is 1. The Kier molecular flexibility index (Phi) is 11.5. The lowest BCUT2D eigenvalue weighted by atomic mass is 10.2. The molecule has 0 aliphatic heterocycles. The Bertz CT molecular complexity index is 1090. The van der Waals surface area contributed by atoms with Crippen LogP contribution < -0.4 is 8.37 Å². The van der Waals surface area contributed by atoms with Crippen LogP contribution in [0.25, 0.3) is 0 Å². The average molecular weight is 526 g/mol. The van der Waals surface area contributed by atoms with Gasteiger partial charge in [-0.1, -0.05) is 41.7 Å². The van der Waals surface area contributed by atoms with Gasteiger partial charge < -0.3 is 17.8 Å². The highest BCUT2D eigenvalue weighted by atomic mass is 32.2. The van der Waals surface area contributed by atoms with Gasteiger partial charge in [0.2, 0.25) is 11.1 Å². The Hall–Kier alpha value is -3.16. The normalized spacial score (nSPS) is 12.8. The van der Waals surface area contributed by atoms with E-state index in [0.717, 1.165) is 0 Å². The highest BCUT2D eigenvalue weighted by molar-refractivity contribution is 7.79. The second-order valence-corrected chi connectivity index (χ2v) is 9.20. The molecular formula is C22H27N3O8S2. The van der Waals surface area contributed by atoms with E-state index < -0.39 is 34.2 Å².